The Morgan fingerprint density at radius 1 is 1.17 bits per heavy atom. The summed E-state index contributed by atoms with van der Waals surface area (Å²) >= 11 is 0. The van der Waals surface area contributed by atoms with Gasteiger partial charge in [-0.2, -0.15) is 5.21 Å². The third-order valence-corrected chi connectivity index (χ3v) is 1.02. The van der Waals surface area contributed by atoms with Crippen LogP contribution in [0.4, 0.5) is 0 Å². The van der Waals surface area contributed by atoms with Crippen LogP contribution in [0.25, 0.3) is 0 Å². The topological polar surface area (TPSA) is 67.3 Å². The van der Waals surface area contributed by atoms with E-state index in [-0.39, 0.29) is 0 Å². The minimum atomic E-state index is 0.676. The highest BCUT2D eigenvalue weighted by atomic mass is 15.5. The normalized spacial score (nSPS) is 8.42. The second-order valence-electron chi connectivity index (χ2n) is 1.98. The Bertz CT molecular complexity index is 251. The van der Waals surface area contributed by atoms with Gasteiger partial charge in [0.05, 0.1) is 0 Å². The highest BCUT2D eigenvalue weighted by Crippen LogP contribution is 1.73. The first-order valence-electron chi connectivity index (χ1n) is 3.44. The average molecular weight is 163 g/mol. The number of aromatic nitrogens is 5. The molecule has 2 aromatic rings. The summed E-state index contributed by atoms with van der Waals surface area (Å²) < 4.78 is 0. The lowest BCUT2D eigenvalue weighted by Gasteiger charge is -1.70. The van der Waals surface area contributed by atoms with Crippen molar-refractivity contribution in [3.8, 4) is 0 Å². The van der Waals surface area contributed by atoms with Crippen molar-refractivity contribution < 1.29 is 0 Å². The fraction of sp³-hybridized carbons (Fsp3) is 0.143. The van der Waals surface area contributed by atoms with Gasteiger partial charge in [-0.1, -0.05) is 11.3 Å². The van der Waals surface area contributed by atoms with Crippen molar-refractivity contribution in [2.24, 2.45) is 0 Å². The van der Waals surface area contributed by atoms with Gasteiger partial charge in [-0.3, -0.25) is 4.98 Å². The van der Waals surface area contributed by atoms with Gasteiger partial charge in [0.2, 0.25) is 0 Å². The number of rotatable bonds is 0. The average Bonchev–Trinajstić information content (AvgIpc) is 2.60. The van der Waals surface area contributed by atoms with Crippen molar-refractivity contribution in [3.05, 3.63) is 36.4 Å². The van der Waals surface area contributed by atoms with Crippen LogP contribution in [0, 0.1) is 6.92 Å². The second kappa shape index (κ2) is 4.95. The van der Waals surface area contributed by atoms with Gasteiger partial charge in [0.25, 0.3) is 0 Å². The van der Waals surface area contributed by atoms with Gasteiger partial charge in [0.15, 0.2) is 5.82 Å². The molecule has 0 amide bonds. The highest BCUT2D eigenvalue weighted by Gasteiger charge is 1.78. The number of tetrazole rings is 1. The number of aryl methyl sites for hydroxylation is 1. The van der Waals surface area contributed by atoms with Gasteiger partial charge in [-0.05, 0) is 19.1 Å². The lowest BCUT2D eigenvalue weighted by Crippen LogP contribution is -1.69. The lowest BCUT2D eigenvalue weighted by molar-refractivity contribution is 0.881. The van der Waals surface area contributed by atoms with Crippen LogP contribution in [-0.2, 0) is 0 Å². The SMILES string of the molecule is Cc1nn[nH]n1.c1ccncc1. The summed E-state index contributed by atoms with van der Waals surface area (Å²) in [7, 11) is 0. The van der Waals surface area contributed by atoms with Crippen molar-refractivity contribution in [2.45, 2.75) is 6.92 Å². The predicted octanol–water partition coefficient (Wildman–Crippen LogP) is 0.590. The minimum absolute atomic E-state index is 0.676. The number of H-pyrrole nitrogens is 1. The molecule has 2 aromatic heterocycles. The molecule has 5 nitrogen and oxygen atoms in total. The largest absolute Gasteiger partial charge is 0.265 e. The van der Waals surface area contributed by atoms with Gasteiger partial charge < -0.3 is 0 Å². The van der Waals surface area contributed by atoms with E-state index in [9.17, 15) is 0 Å². The first-order chi connectivity index (χ1) is 5.89. The Morgan fingerprint density at radius 3 is 2.08 bits per heavy atom. The first kappa shape index (κ1) is 8.32. The fourth-order valence-electron chi connectivity index (χ4n) is 0.524. The number of hydrogen-bond donors (Lipinski definition) is 1. The van der Waals surface area contributed by atoms with E-state index in [4.69, 9.17) is 0 Å². The molecule has 0 bridgehead atoms. The van der Waals surface area contributed by atoms with Gasteiger partial charge >= 0.3 is 0 Å². The third kappa shape index (κ3) is 3.40. The van der Waals surface area contributed by atoms with Crippen LogP contribution in [0.2, 0.25) is 0 Å². The Labute approximate surface area is 69.9 Å². The van der Waals surface area contributed by atoms with E-state index < -0.39 is 0 Å². The molecule has 0 aliphatic carbocycles. The molecular weight excluding hydrogens is 154 g/mol. The molecular formula is C7H9N5. The maximum absolute atomic E-state index is 3.78. The number of hydrogen-bond acceptors (Lipinski definition) is 4. The van der Waals surface area contributed by atoms with E-state index in [1.807, 2.05) is 18.2 Å². The summed E-state index contributed by atoms with van der Waals surface area (Å²) in [6, 6.07) is 5.72. The zero-order valence-electron chi connectivity index (χ0n) is 6.68. The number of pyridine rings is 1. The van der Waals surface area contributed by atoms with Crippen LogP contribution in [0.5, 0.6) is 0 Å². The van der Waals surface area contributed by atoms with Crippen LogP contribution in [-0.4, -0.2) is 25.6 Å². The molecule has 0 fully saturated rings. The van der Waals surface area contributed by atoms with Gasteiger partial charge in [0.1, 0.15) is 0 Å². The van der Waals surface area contributed by atoms with Gasteiger partial charge in [0, 0.05) is 12.4 Å². The molecule has 0 saturated heterocycles. The van der Waals surface area contributed by atoms with Crippen molar-refractivity contribution >= 4 is 0 Å². The van der Waals surface area contributed by atoms with Crippen LogP contribution >= 0.6 is 0 Å². The maximum atomic E-state index is 3.78. The monoisotopic (exact) mass is 163 g/mol. The third-order valence-electron chi connectivity index (χ3n) is 1.02. The fourth-order valence-corrected chi connectivity index (χ4v) is 0.524. The molecule has 0 saturated carbocycles. The molecule has 12 heavy (non-hydrogen) atoms. The van der Waals surface area contributed by atoms with E-state index in [1.165, 1.54) is 0 Å². The van der Waals surface area contributed by atoms with Crippen molar-refractivity contribution in [1.82, 2.24) is 25.6 Å². The van der Waals surface area contributed by atoms with Crippen LogP contribution in [0.1, 0.15) is 5.82 Å². The Balaban J connectivity index is 0.000000120. The Hall–Kier alpha value is -1.78. The predicted molar refractivity (Wildman–Crippen MR) is 43.2 cm³/mol. The Kier molecular flexibility index (Phi) is 3.43. The van der Waals surface area contributed by atoms with E-state index in [1.54, 1.807) is 19.3 Å². The molecule has 0 atom stereocenters. The van der Waals surface area contributed by atoms with E-state index >= 15 is 0 Å². The molecule has 1 N–H and O–H groups in total. The molecule has 0 spiro atoms. The summed E-state index contributed by atoms with van der Waals surface area (Å²) in [5.74, 6) is 0.676. The van der Waals surface area contributed by atoms with Crippen LogP contribution in [0.3, 0.4) is 0 Å². The minimum Gasteiger partial charge on any atom is -0.265 e. The molecule has 0 unspecified atom stereocenters. The highest BCUT2D eigenvalue weighted by molar-refractivity contribution is 4.88. The van der Waals surface area contributed by atoms with Crippen molar-refractivity contribution in [3.63, 3.8) is 0 Å². The summed E-state index contributed by atoms with van der Waals surface area (Å²) in [6.45, 7) is 1.77. The quantitative estimate of drug-likeness (QED) is 0.617. The molecule has 0 aliphatic heterocycles. The molecule has 0 radical (unpaired) electrons. The molecule has 62 valence electrons. The summed E-state index contributed by atoms with van der Waals surface area (Å²) in [6.07, 6.45) is 3.50. The number of nitrogens with zero attached hydrogens (tertiary/aromatic N) is 4. The zero-order chi connectivity index (χ0) is 8.65. The summed E-state index contributed by atoms with van der Waals surface area (Å²) in [5.41, 5.74) is 0. The maximum Gasteiger partial charge on any atom is 0.171 e. The summed E-state index contributed by atoms with van der Waals surface area (Å²) in [4.78, 5) is 3.78. The van der Waals surface area contributed by atoms with E-state index in [0.717, 1.165) is 0 Å². The van der Waals surface area contributed by atoms with Crippen LogP contribution < -0.4 is 0 Å². The molecule has 2 rings (SSSR count). The van der Waals surface area contributed by atoms with E-state index in [0.29, 0.717) is 5.82 Å². The molecule has 2 heterocycles. The molecule has 0 aromatic carbocycles. The summed E-state index contributed by atoms with van der Waals surface area (Å²) in [5, 5.41) is 12.7. The van der Waals surface area contributed by atoms with Gasteiger partial charge in [-0.25, -0.2) is 0 Å². The standard InChI is InChI=1S/C5H5N.C2H4N4/c1-2-4-6-5-3-1;1-2-3-5-6-4-2/h1-5H;1H3,(H,3,4,5,6). The Morgan fingerprint density at radius 2 is 1.92 bits per heavy atom. The first-order valence-corrected chi connectivity index (χ1v) is 3.44. The smallest absolute Gasteiger partial charge is 0.171 e. The lowest BCUT2D eigenvalue weighted by atomic mass is 10.5. The second-order valence-corrected chi connectivity index (χ2v) is 1.98. The van der Waals surface area contributed by atoms with Gasteiger partial charge in [-0.15, -0.1) is 10.2 Å². The van der Waals surface area contributed by atoms with Crippen molar-refractivity contribution in [2.75, 3.05) is 0 Å². The number of nitrogens with one attached hydrogen (secondary N) is 1. The molecule has 0 aliphatic rings. The van der Waals surface area contributed by atoms with Crippen LogP contribution in [0.15, 0.2) is 30.6 Å². The van der Waals surface area contributed by atoms with E-state index in [2.05, 4.69) is 25.6 Å². The zero-order valence-corrected chi connectivity index (χ0v) is 6.68. The molecule has 5 heteroatoms. The van der Waals surface area contributed by atoms with Crippen molar-refractivity contribution in [1.29, 1.82) is 0 Å². The number of aromatic amines is 1.